The first-order chi connectivity index (χ1) is 13.0. The number of hydrogen-bond donors (Lipinski definition) is 1. The van der Waals surface area contributed by atoms with Crippen molar-refractivity contribution in [3.05, 3.63) is 59.9 Å². The monoisotopic (exact) mass is 368 g/mol. The number of carbonyl (C=O) groups excluding carboxylic acids is 2. The van der Waals surface area contributed by atoms with E-state index in [4.69, 9.17) is 4.74 Å². The molecule has 7 nitrogen and oxygen atoms in total. The number of nitrogens with one attached hydrogen (secondary N) is 1. The lowest BCUT2D eigenvalue weighted by molar-refractivity contribution is -0.132. The lowest BCUT2D eigenvalue weighted by atomic mass is 10.1. The molecule has 1 aromatic carbocycles. The molecule has 0 spiro atoms. The summed E-state index contributed by atoms with van der Waals surface area (Å²) in [5, 5.41) is 4.12. The molecule has 0 unspecified atom stereocenters. The van der Waals surface area contributed by atoms with E-state index in [9.17, 15) is 9.59 Å². The molecule has 0 aliphatic heterocycles. The van der Waals surface area contributed by atoms with E-state index in [0.29, 0.717) is 30.1 Å². The molecule has 2 rings (SSSR count). The van der Waals surface area contributed by atoms with Crippen LogP contribution in [0.2, 0.25) is 0 Å². The van der Waals surface area contributed by atoms with Gasteiger partial charge in [0.2, 0.25) is 0 Å². The Bertz CT molecular complexity index is 785. The van der Waals surface area contributed by atoms with Crippen molar-refractivity contribution in [2.45, 2.75) is 20.8 Å². The van der Waals surface area contributed by atoms with Crippen molar-refractivity contribution in [2.24, 2.45) is 5.10 Å². The molecule has 0 radical (unpaired) electrons. The molecule has 1 aromatic heterocycles. The van der Waals surface area contributed by atoms with Crippen LogP contribution in [-0.4, -0.2) is 47.1 Å². The molecule has 1 heterocycles. The number of pyridine rings is 1. The summed E-state index contributed by atoms with van der Waals surface area (Å²) in [6.45, 7) is 7.01. The van der Waals surface area contributed by atoms with Crippen LogP contribution in [0.25, 0.3) is 0 Å². The minimum atomic E-state index is -0.299. The number of nitrogens with zero attached hydrogens (tertiary/aromatic N) is 3. The average Bonchev–Trinajstić information content (AvgIpc) is 2.72. The van der Waals surface area contributed by atoms with Gasteiger partial charge in [-0.25, -0.2) is 5.43 Å². The van der Waals surface area contributed by atoms with Crippen molar-refractivity contribution < 1.29 is 14.3 Å². The number of rotatable bonds is 8. The molecule has 2 amide bonds. The number of carbonyl (C=O) groups is 2. The van der Waals surface area contributed by atoms with E-state index in [0.717, 1.165) is 5.56 Å². The number of hydrogen-bond acceptors (Lipinski definition) is 5. The highest BCUT2D eigenvalue weighted by Crippen LogP contribution is 2.13. The quantitative estimate of drug-likeness (QED) is 0.573. The fourth-order valence-electron chi connectivity index (χ4n) is 2.37. The average molecular weight is 368 g/mol. The normalized spacial score (nSPS) is 11.0. The predicted octanol–water partition coefficient (Wildman–Crippen LogP) is 2.48. The standard InChI is InChI=1S/C20H24N4O3/c1-4-24(5-2)19(25)14-27-18-8-6-16(7-9-18)15(3)22-23-20(26)17-10-12-21-13-11-17/h6-13H,4-5,14H2,1-3H3,(H,23,26)/b22-15-. The van der Waals surface area contributed by atoms with E-state index in [1.807, 2.05) is 26.0 Å². The molecule has 0 aliphatic carbocycles. The minimum absolute atomic E-state index is 0.0100. The van der Waals surface area contributed by atoms with E-state index in [1.165, 1.54) is 0 Å². The molecular formula is C20H24N4O3. The second-order valence-corrected chi connectivity index (χ2v) is 5.75. The Balaban J connectivity index is 1.92. The third-order valence-corrected chi connectivity index (χ3v) is 4.02. The summed E-state index contributed by atoms with van der Waals surface area (Å²) in [5.74, 6) is 0.264. The summed E-state index contributed by atoms with van der Waals surface area (Å²) in [4.78, 5) is 29.5. The Morgan fingerprint density at radius 3 is 2.26 bits per heavy atom. The van der Waals surface area contributed by atoms with Crippen LogP contribution in [0.5, 0.6) is 5.75 Å². The van der Waals surface area contributed by atoms with Crippen LogP contribution in [0.4, 0.5) is 0 Å². The van der Waals surface area contributed by atoms with E-state index in [2.05, 4.69) is 15.5 Å². The van der Waals surface area contributed by atoms with Crippen molar-refractivity contribution in [1.29, 1.82) is 0 Å². The van der Waals surface area contributed by atoms with Crippen LogP contribution in [0.15, 0.2) is 53.9 Å². The van der Waals surface area contributed by atoms with Crippen molar-refractivity contribution >= 4 is 17.5 Å². The number of amides is 2. The van der Waals surface area contributed by atoms with Gasteiger partial charge in [0, 0.05) is 31.0 Å². The van der Waals surface area contributed by atoms with Crippen LogP contribution in [0.1, 0.15) is 36.7 Å². The molecule has 0 fully saturated rings. The zero-order chi connectivity index (χ0) is 19.6. The number of likely N-dealkylation sites (N-methyl/N-ethyl adjacent to an activating group) is 1. The fraction of sp³-hybridized carbons (Fsp3) is 0.300. The minimum Gasteiger partial charge on any atom is -0.484 e. The molecule has 7 heteroatoms. The van der Waals surface area contributed by atoms with E-state index in [1.54, 1.807) is 48.5 Å². The van der Waals surface area contributed by atoms with Gasteiger partial charge in [-0.3, -0.25) is 14.6 Å². The van der Waals surface area contributed by atoms with Crippen LogP contribution in [0.3, 0.4) is 0 Å². The molecule has 1 N–H and O–H groups in total. The van der Waals surface area contributed by atoms with Crippen molar-refractivity contribution in [3.63, 3.8) is 0 Å². The smallest absolute Gasteiger partial charge is 0.271 e. The number of hydrazone groups is 1. The van der Waals surface area contributed by atoms with E-state index < -0.39 is 0 Å². The Labute approximate surface area is 159 Å². The molecule has 0 atom stereocenters. The predicted molar refractivity (Wildman–Crippen MR) is 104 cm³/mol. The molecule has 0 bridgehead atoms. The second kappa shape index (κ2) is 10.1. The SMILES string of the molecule is CCN(CC)C(=O)COc1ccc(/C(C)=N\NC(=O)c2ccncc2)cc1. The summed E-state index contributed by atoms with van der Waals surface area (Å²) >= 11 is 0. The topological polar surface area (TPSA) is 83.9 Å². The summed E-state index contributed by atoms with van der Waals surface area (Å²) in [6, 6.07) is 10.4. The maximum atomic E-state index is 12.0. The first-order valence-electron chi connectivity index (χ1n) is 8.80. The molecule has 0 saturated carbocycles. The number of ether oxygens (including phenoxy) is 1. The van der Waals surface area contributed by atoms with Gasteiger partial charge < -0.3 is 9.64 Å². The zero-order valence-electron chi connectivity index (χ0n) is 15.8. The van der Waals surface area contributed by atoms with Gasteiger partial charge in [-0.05, 0) is 62.7 Å². The van der Waals surface area contributed by atoms with Gasteiger partial charge in [0.05, 0.1) is 5.71 Å². The van der Waals surface area contributed by atoms with Gasteiger partial charge in [0.25, 0.3) is 11.8 Å². The molecule has 0 saturated heterocycles. The maximum absolute atomic E-state index is 12.0. The second-order valence-electron chi connectivity index (χ2n) is 5.75. The van der Waals surface area contributed by atoms with Gasteiger partial charge >= 0.3 is 0 Å². The molecule has 2 aromatic rings. The van der Waals surface area contributed by atoms with Crippen LogP contribution in [0, 0.1) is 0 Å². The summed E-state index contributed by atoms with van der Waals surface area (Å²) in [7, 11) is 0. The van der Waals surface area contributed by atoms with E-state index >= 15 is 0 Å². The molecule has 27 heavy (non-hydrogen) atoms. The van der Waals surface area contributed by atoms with E-state index in [-0.39, 0.29) is 18.4 Å². The Hall–Kier alpha value is -3.22. The highest BCUT2D eigenvalue weighted by atomic mass is 16.5. The first kappa shape index (κ1) is 20.1. The van der Waals surface area contributed by atoms with Gasteiger partial charge in [-0.1, -0.05) is 0 Å². The summed E-state index contributed by atoms with van der Waals surface area (Å²) < 4.78 is 5.54. The Morgan fingerprint density at radius 2 is 1.67 bits per heavy atom. The van der Waals surface area contributed by atoms with Gasteiger partial charge in [-0.2, -0.15) is 5.10 Å². The lowest BCUT2D eigenvalue weighted by Gasteiger charge is -2.18. The van der Waals surface area contributed by atoms with Gasteiger partial charge in [-0.15, -0.1) is 0 Å². The van der Waals surface area contributed by atoms with Crippen LogP contribution < -0.4 is 10.2 Å². The molecular weight excluding hydrogens is 344 g/mol. The van der Waals surface area contributed by atoms with Crippen LogP contribution >= 0.6 is 0 Å². The van der Waals surface area contributed by atoms with Crippen molar-refractivity contribution in [3.8, 4) is 5.75 Å². The third kappa shape index (κ3) is 5.91. The first-order valence-corrected chi connectivity index (χ1v) is 8.80. The maximum Gasteiger partial charge on any atom is 0.271 e. The van der Waals surface area contributed by atoms with Gasteiger partial charge in [0.15, 0.2) is 6.61 Å². The highest BCUT2D eigenvalue weighted by molar-refractivity contribution is 6.00. The molecule has 0 aliphatic rings. The van der Waals surface area contributed by atoms with Crippen LogP contribution in [-0.2, 0) is 4.79 Å². The summed E-state index contributed by atoms with van der Waals surface area (Å²) in [5.41, 5.74) is 4.50. The number of benzene rings is 1. The zero-order valence-corrected chi connectivity index (χ0v) is 15.8. The lowest BCUT2D eigenvalue weighted by Crippen LogP contribution is -2.34. The molecule has 142 valence electrons. The largest absolute Gasteiger partial charge is 0.484 e. The van der Waals surface area contributed by atoms with Crippen molar-refractivity contribution in [2.75, 3.05) is 19.7 Å². The Kier molecular flexibility index (Phi) is 7.49. The fourth-order valence-corrected chi connectivity index (χ4v) is 2.37. The van der Waals surface area contributed by atoms with Crippen molar-refractivity contribution in [1.82, 2.24) is 15.3 Å². The van der Waals surface area contributed by atoms with Gasteiger partial charge in [0.1, 0.15) is 5.75 Å². The Morgan fingerprint density at radius 1 is 1.04 bits per heavy atom. The third-order valence-electron chi connectivity index (χ3n) is 4.02. The summed E-state index contributed by atoms with van der Waals surface area (Å²) in [6.07, 6.45) is 3.10. The number of aromatic nitrogens is 1. The highest BCUT2D eigenvalue weighted by Gasteiger charge is 2.10.